The van der Waals surface area contributed by atoms with Gasteiger partial charge in [0, 0.05) is 12.3 Å². The van der Waals surface area contributed by atoms with E-state index in [9.17, 15) is 9.59 Å². The smallest absolute Gasteiger partial charge is 0.232 e. The first kappa shape index (κ1) is 15.0. The molecule has 6 nitrogen and oxygen atoms in total. The summed E-state index contributed by atoms with van der Waals surface area (Å²) < 4.78 is 1.52. The van der Waals surface area contributed by atoms with Crippen LogP contribution in [0.3, 0.4) is 0 Å². The van der Waals surface area contributed by atoms with Crippen molar-refractivity contribution in [2.24, 2.45) is 5.92 Å². The molecule has 1 unspecified atom stereocenters. The second-order valence-corrected chi connectivity index (χ2v) is 5.99. The summed E-state index contributed by atoms with van der Waals surface area (Å²) in [5, 5.41) is 8.84. The summed E-state index contributed by atoms with van der Waals surface area (Å²) in [5.74, 6) is -0.617. The lowest BCUT2D eigenvalue weighted by Gasteiger charge is -2.11. The minimum Gasteiger partial charge on any atom is -0.276 e. The quantitative estimate of drug-likeness (QED) is 0.806. The molecule has 0 aliphatic carbocycles. The fraction of sp³-hybridized carbons (Fsp3) is 0.286. The van der Waals surface area contributed by atoms with Gasteiger partial charge in [-0.3, -0.25) is 14.5 Å². The van der Waals surface area contributed by atoms with Crippen LogP contribution in [-0.4, -0.2) is 31.7 Å². The Morgan fingerprint density at radius 2 is 2.05 bits per heavy atom. The van der Waals surface area contributed by atoms with Crippen molar-refractivity contribution in [3.8, 4) is 5.69 Å². The second-order valence-electron chi connectivity index (χ2n) is 5.18. The molecule has 0 bridgehead atoms. The average molecular weight is 339 g/mol. The first-order valence-corrected chi connectivity index (χ1v) is 7.42. The summed E-state index contributed by atoms with van der Waals surface area (Å²) >= 11 is 11.8. The molecule has 1 aliphatic rings. The van der Waals surface area contributed by atoms with E-state index < -0.39 is 0 Å². The van der Waals surface area contributed by atoms with Crippen molar-refractivity contribution >= 4 is 35.0 Å². The number of halogens is 2. The maximum Gasteiger partial charge on any atom is 0.232 e. The molecule has 1 saturated heterocycles. The van der Waals surface area contributed by atoms with Gasteiger partial charge in [0.1, 0.15) is 5.69 Å². The van der Waals surface area contributed by atoms with Crippen molar-refractivity contribution in [3.05, 3.63) is 40.1 Å². The molecule has 0 spiro atoms. The lowest BCUT2D eigenvalue weighted by Crippen LogP contribution is -2.29. The van der Waals surface area contributed by atoms with Crippen LogP contribution in [-0.2, 0) is 16.1 Å². The van der Waals surface area contributed by atoms with Crippen molar-refractivity contribution in [3.63, 3.8) is 0 Å². The van der Waals surface area contributed by atoms with Crippen molar-refractivity contribution in [1.82, 2.24) is 19.9 Å². The molecule has 114 valence electrons. The number of imide groups is 1. The summed E-state index contributed by atoms with van der Waals surface area (Å²) in [6.07, 6.45) is 1.91. The highest BCUT2D eigenvalue weighted by molar-refractivity contribution is 6.42. The van der Waals surface area contributed by atoms with Crippen LogP contribution in [0.2, 0.25) is 10.0 Å². The molecule has 1 atom stereocenters. The molecule has 1 aromatic heterocycles. The predicted octanol–water partition coefficient (Wildman–Crippen LogP) is 2.47. The predicted molar refractivity (Wildman–Crippen MR) is 80.7 cm³/mol. The van der Waals surface area contributed by atoms with Gasteiger partial charge in [-0.05, 0) is 18.2 Å². The van der Waals surface area contributed by atoms with Crippen LogP contribution in [0.1, 0.15) is 19.0 Å². The largest absolute Gasteiger partial charge is 0.276 e. The first-order valence-electron chi connectivity index (χ1n) is 6.66. The molecule has 1 fully saturated rings. The van der Waals surface area contributed by atoms with Crippen LogP contribution in [0.5, 0.6) is 0 Å². The van der Waals surface area contributed by atoms with Gasteiger partial charge in [-0.1, -0.05) is 35.3 Å². The van der Waals surface area contributed by atoms with E-state index >= 15 is 0 Å². The number of likely N-dealkylation sites (tertiary alicyclic amines) is 1. The fourth-order valence-electron chi connectivity index (χ4n) is 2.30. The Morgan fingerprint density at radius 3 is 2.68 bits per heavy atom. The standard InChI is InChI=1S/C14H12Cl2N4O2/c1-8-4-13(21)19(14(8)22)6-9-7-20(18-17-9)10-2-3-11(15)12(16)5-10/h2-3,5,7-8H,4,6H2,1H3. The zero-order chi connectivity index (χ0) is 15.9. The number of carbonyl (C=O) groups is 2. The Hall–Kier alpha value is -1.92. The van der Waals surface area contributed by atoms with Gasteiger partial charge < -0.3 is 0 Å². The number of carbonyl (C=O) groups excluding carboxylic acids is 2. The highest BCUT2D eigenvalue weighted by Gasteiger charge is 2.35. The van der Waals surface area contributed by atoms with E-state index in [4.69, 9.17) is 23.2 Å². The summed E-state index contributed by atoms with van der Waals surface area (Å²) in [6, 6.07) is 5.08. The van der Waals surface area contributed by atoms with E-state index in [0.717, 1.165) is 0 Å². The van der Waals surface area contributed by atoms with Crippen molar-refractivity contribution in [1.29, 1.82) is 0 Å². The SMILES string of the molecule is CC1CC(=O)N(Cc2cn(-c3ccc(Cl)c(Cl)c3)nn2)C1=O. The monoisotopic (exact) mass is 338 g/mol. The Kier molecular flexibility index (Phi) is 3.88. The topological polar surface area (TPSA) is 68.1 Å². The Morgan fingerprint density at radius 1 is 1.27 bits per heavy atom. The maximum atomic E-state index is 11.9. The van der Waals surface area contributed by atoms with Crippen molar-refractivity contribution in [2.45, 2.75) is 19.9 Å². The van der Waals surface area contributed by atoms with Gasteiger partial charge in [-0.25, -0.2) is 4.68 Å². The molecule has 2 heterocycles. The number of hydrogen-bond acceptors (Lipinski definition) is 4. The maximum absolute atomic E-state index is 11.9. The van der Waals surface area contributed by atoms with Crippen LogP contribution in [0.4, 0.5) is 0 Å². The number of nitrogens with zero attached hydrogens (tertiary/aromatic N) is 4. The van der Waals surface area contributed by atoms with Crippen LogP contribution >= 0.6 is 23.2 Å². The second kappa shape index (κ2) is 5.70. The van der Waals surface area contributed by atoms with Crippen LogP contribution in [0.25, 0.3) is 5.69 Å². The number of rotatable bonds is 3. The van der Waals surface area contributed by atoms with Crippen LogP contribution < -0.4 is 0 Å². The van der Waals surface area contributed by atoms with Crippen molar-refractivity contribution < 1.29 is 9.59 Å². The van der Waals surface area contributed by atoms with Gasteiger partial charge in [-0.15, -0.1) is 5.10 Å². The molecule has 0 N–H and O–H groups in total. The van der Waals surface area contributed by atoms with Gasteiger partial charge in [0.05, 0.1) is 28.5 Å². The first-order chi connectivity index (χ1) is 10.5. The highest BCUT2D eigenvalue weighted by Crippen LogP contribution is 2.24. The summed E-state index contributed by atoms with van der Waals surface area (Å²) in [7, 11) is 0. The molecule has 3 rings (SSSR count). The summed E-state index contributed by atoms with van der Waals surface area (Å²) in [5.41, 5.74) is 1.22. The highest BCUT2D eigenvalue weighted by atomic mass is 35.5. The van der Waals surface area contributed by atoms with E-state index in [1.807, 2.05) is 0 Å². The molecule has 22 heavy (non-hydrogen) atoms. The minimum atomic E-state index is -0.266. The molecular weight excluding hydrogens is 327 g/mol. The number of hydrogen-bond donors (Lipinski definition) is 0. The molecule has 0 radical (unpaired) electrons. The zero-order valence-electron chi connectivity index (χ0n) is 11.7. The Labute approximate surface area is 136 Å². The van der Waals surface area contributed by atoms with E-state index in [1.54, 1.807) is 31.3 Å². The summed E-state index contributed by atoms with van der Waals surface area (Å²) in [4.78, 5) is 24.9. The lowest BCUT2D eigenvalue weighted by molar-refractivity contribution is -0.139. The molecule has 1 aliphatic heterocycles. The molecule has 2 aromatic rings. The third-order valence-electron chi connectivity index (χ3n) is 3.50. The third-order valence-corrected chi connectivity index (χ3v) is 4.24. The zero-order valence-corrected chi connectivity index (χ0v) is 13.2. The third kappa shape index (κ3) is 2.71. The van der Waals surface area contributed by atoms with Gasteiger partial charge in [0.15, 0.2) is 0 Å². The molecule has 8 heteroatoms. The van der Waals surface area contributed by atoms with E-state index in [1.165, 1.54) is 9.58 Å². The molecule has 2 amide bonds. The number of aromatic nitrogens is 3. The molecule has 1 aromatic carbocycles. The lowest BCUT2D eigenvalue weighted by atomic mass is 10.1. The summed E-state index contributed by atoms with van der Waals surface area (Å²) in [6.45, 7) is 1.87. The number of benzene rings is 1. The number of amides is 2. The van der Waals surface area contributed by atoms with Gasteiger partial charge in [0.25, 0.3) is 0 Å². The Bertz CT molecular complexity index is 759. The van der Waals surface area contributed by atoms with Crippen LogP contribution in [0, 0.1) is 5.92 Å². The van der Waals surface area contributed by atoms with Gasteiger partial charge in [-0.2, -0.15) is 0 Å². The average Bonchev–Trinajstić information content (AvgIpc) is 3.03. The van der Waals surface area contributed by atoms with Crippen LogP contribution in [0.15, 0.2) is 24.4 Å². The normalized spacial score (nSPS) is 18.3. The molecule has 0 saturated carbocycles. The van der Waals surface area contributed by atoms with Crippen molar-refractivity contribution in [2.75, 3.05) is 0 Å². The van der Waals surface area contributed by atoms with Gasteiger partial charge in [0.2, 0.25) is 11.8 Å². The van der Waals surface area contributed by atoms with E-state index in [-0.39, 0.29) is 30.7 Å². The van der Waals surface area contributed by atoms with Gasteiger partial charge >= 0.3 is 0 Å². The minimum absolute atomic E-state index is 0.128. The Balaban J connectivity index is 1.81. The molecular formula is C14H12Cl2N4O2. The van der Waals surface area contributed by atoms with E-state index in [0.29, 0.717) is 21.4 Å². The fourth-order valence-corrected chi connectivity index (χ4v) is 2.59. The van der Waals surface area contributed by atoms with E-state index in [2.05, 4.69) is 10.3 Å².